The van der Waals surface area contributed by atoms with Gasteiger partial charge in [0.25, 0.3) is 0 Å². The van der Waals surface area contributed by atoms with E-state index in [2.05, 4.69) is 4.90 Å². The van der Waals surface area contributed by atoms with Crippen molar-refractivity contribution >= 4 is 11.9 Å². The number of rotatable bonds is 9. The maximum absolute atomic E-state index is 13.6. The number of hydrogen-bond acceptors (Lipinski definition) is 5. The summed E-state index contributed by atoms with van der Waals surface area (Å²) in [5.74, 6) is -0.514. The van der Waals surface area contributed by atoms with Crippen LogP contribution < -0.4 is 0 Å². The number of carbonyl (C=O) groups excluding carboxylic acids is 1. The van der Waals surface area contributed by atoms with E-state index in [0.29, 0.717) is 24.3 Å². The SMILES string of the molecule is COC1=CCC(C(=O)O)(C2(C(CN(C)C)C3(OC(=O)c4ccccc4)CCCCC3)CCCCC2)C=C1. The molecule has 0 saturated heterocycles. The molecule has 202 valence electrons. The van der Waals surface area contributed by atoms with Crippen LogP contribution in [0.1, 0.15) is 81.0 Å². The number of allylic oxidation sites excluding steroid dienone is 2. The third-order valence-corrected chi connectivity index (χ3v) is 9.26. The molecule has 3 aliphatic rings. The van der Waals surface area contributed by atoms with Gasteiger partial charge in [0, 0.05) is 12.5 Å². The maximum atomic E-state index is 13.6. The standard InChI is InChI=1S/C31H43NO5/c1-32(2)23-26(31(19-11-6-12-20-31)37-27(33)24-13-7-4-8-14-24)29(17-9-5-10-18-29)30(28(34)35)21-15-25(36-3)16-22-30/h4,7-8,13-16,21,26H,5-6,9-12,17-20,22-23H2,1-3H3,(H,34,35). The molecule has 4 rings (SSSR count). The van der Waals surface area contributed by atoms with Crippen LogP contribution >= 0.6 is 0 Å². The van der Waals surface area contributed by atoms with E-state index in [1.165, 1.54) is 0 Å². The van der Waals surface area contributed by atoms with Crippen molar-refractivity contribution in [2.75, 3.05) is 27.7 Å². The van der Waals surface area contributed by atoms with Crippen molar-refractivity contribution in [1.29, 1.82) is 0 Å². The Kier molecular flexibility index (Phi) is 8.47. The number of benzene rings is 1. The Hall–Kier alpha value is -2.60. The second-order valence-electron chi connectivity index (χ2n) is 11.5. The number of carboxylic acids is 1. The van der Waals surface area contributed by atoms with Gasteiger partial charge in [0.15, 0.2) is 0 Å². The number of aliphatic carboxylic acids is 1. The first kappa shape index (κ1) is 27.4. The van der Waals surface area contributed by atoms with Crippen molar-refractivity contribution in [3.8, 4) is 0 Å². The second kappa shape index (κ2) is 11.4. The van der Waals surface area contributed by atoms with Gasteiger partial charge >= 0.3 is 11.9 Å². The predicted octanol–water partition coefficient (Wildman–Crippen LogP) is 6.24. The second-order valence-corrected chi connectivity index (χ2v) is 11.5. The lowest BCUT2D eigenvalue weighted by molar-refractivity contribution is -0.180. The number of esters is 1. The van der Waals surface area contributed by atoms with Crippen LogP contribution in [0.25, 0.3) is 0 Å². The lowest BCUT2D eigenvalue weighted by Crippen LogP contribution is -2.62. The molecule has 0 heterocycles. The topological polar surface area (TPSA) is 76.1 Å². The Morgan fingerprint density at radius 2 is 1.59 bits per heavy atom. The number of ether oxygens (including phenoxy) is 2. The third kappa shape index (κ3) is 5.22. The molecule has 0 aromatic heterocycles. The van der Waals surface area contributed by atoms with E-state index in [-0.39, 0.29) is 11.9 Å². The van der Waals surface area contributed by atoms with E-state index in [1.807, 2.05) is 50.5 Å². The molecule has 0 radical (unpaired) electrons. The van der Waals surface area contributed by atoms with Gasteiger partial charge in [0.05, 0.1) is 18.1 Å². The van der Waals surface area contributed by atoms with Gasteiger partial charge < -0.3 is 19.5 Å². The molecule has 1 aromatic carbocycles. The molecule has 0 aliphatic heterocycles. The van der Waals surface area contributed by atoms with E-state index in [9.17, 15) is 14.7 Å². The zero-order chi connectivity index (χ0) is 26.5. The van der Waals surface area contributed by atoms with Crippen molar-refractivity contribution in [2.24, 2.45) is 16.7 Å². The first-order chi connectivity index (χ1) is 17.8. The number of methoxy groups -OCH3 is 1. The molecular weight excluding hydrogens is 466 g/mol. The molecular formula is C31H43NO5. The highest BCUT2D eigenvalue weighted by Gasteiger charge is 2.64. The predicted molar refractivity (Wildman–Crippen MR) is 144 cm³/mol. The van der Waals surface area contributed by atoms with Crippen molar-refractivity contribution < 1.29 is 24.2 Å². The fraction of sp³-hybridized carbons (Fsp3) is 0.613. The minimum atomic E-state index is -1.08. The van der Waals surface area contributed by atoms with Crippen LogP contribution in [0.15, 0.2) is 54.3 Å². The average molecular weight is 510 g/mol. The largest absolute Gasteiger partial charge is 0.497 e. The zero-order valence-electron chi connectivity index (χ0n) is 22.7. The Balaban J connectivity index is 1.86. The van der Waals surface area contributed by atoms with E-state index >= 15 is 0 Å². The van der Waals surface area contributed by atoms with Crippen LogP contribution in [0.4, 0.5) is 0 Å². The summed E-state index contributed by atoms with van der Waals surface area (Å²) in [6.45, 7) is 0.672. The van der Waals surface area contributed by atoms with Crippen molar-refractivity contribution in [3.63, 3.8) is 0 Å². The molecule has 0 bridgehead atoms. The molecule has 37 heavy (non-hydrogen) atoms. The van der Waals surface area contributed by atoms with E-state index in [0.717, 1.165) is 64.2 Å². The monoisotopic (exact) mass is 509 g/mol. The highest BCUT2D eigenvalue weighted by atomic mass is 16.6. The molecule has 1 N–H and O–H groups in total. The summed E-state index contributed by atoms with van der Waals surface area (Å²) in [6.07, 6.45) is 15.3. The minimum Gasteiger partial charge on any atom is -0.497 e. The van der Waals surface area contributed by atoms with Crippen LogP contribution in [0.2, 0.25) is 0 Å². The molecule has 3 aliphatic carbocycles. The van der Waals surface area contributed by atoms with E-state index < -0.39 is 22.4 Å². The van der Waals surface area contributed by atoms with Crippen LogP contribution in [-0.4, -0.2) is 55.3 Å². The van der Waals surface area contributed by atoms with Crippen molar-refractivity contribution in [3.05, 3.63) is 59.9 Å². The summed E-state index contributed by atoms with van der Waals surface area (Å²) in [6, 6.07) is 9.21. The summed E-state index contributed by atoms with van der Waals surface area (Å²) in [5, 5.41) is 10.9. The average Bonchev–Trinajstić information content (AvgIpc) is 2.92. The third-order valence-electron chi connectivity index (χ3n) is 9.26. The lowest BCUT2D eigenvalue weighted by atomic mass is 9.46. The molecule has 0 spiro atoms. The Bertz CT molecular complexity index is 1000. The molecule has 6 heteroatoms. The minimum absolute atomic E-state index is 0.124. The van der Waals surface area contributed by atoms with Gasteiger partial charge in [-0.3, -0.25) is 4.79 Å². The van der Waals surface area contributed by atoms with Crippen molar-refractivity contribution in [1.82, 2.24) is 4.90 Å². The van der Waals surface area contributed by atoms with Gasteiger partial charge in [-0.1, -0.05) is 50.0 Å². The van der Waals surface area contributed by atoms with Crippen LogP contribution in [-0.2, 0) is 14.3 Å². The summed E-state index contributed by atoms with van der Waals surface area (Å²) >= 11 is 0. The van der Waals surface area contributed by atoms with Crippen molar-refractivity contribution in [2.45, 2.75) is 76.2 Å². The normalized spacial score (nSPS) is 25.7. The molecule has 6 nitrogen and oxygen atoms in total. The van der Waals surface area contributed by atoms with Gasteiger partial charge in [0.1, 0.15) is 11.4 Å². The molecule has 2 fully saturated rings. The fourth-order valence-corrected chi connectivity index (χ4v) is 7.50. The Labute approximate surface area is 221 Å². The molecule has 0 amide bonds. The maximum Gasteiger partial charge on any atom is 0.338 e. The summed E-state index contributed by atoms with van der Waals surface area (Å²) in [5.41, 5.74) is -1.80. The number of carboxylic acid groups (broad SMARTS) is 1. The van der Waals surface area contributed by atoms with Gasteiger partial charge in [0.2, 0.25) is 0 Å². The quantitative estimate of drug-likeness (QED) is 0.397. The van der Waals surface area contributed by atoms with Gasteiger partial charge in [-0.05, 0) is 88.7 Å². The molecule has 2 atom stereocenters. The first-order valence-electron chi connectivity index (χ1n) is 13.9. The first-order valence-corrected chi connectivity index (χ1v) is 13.9. The summed E-state index contributed by atoms with van der Waals surface area (Å²) < 4.78 is 12.1. The fourth-order valence-electron chi connectivity index (χ4n) is 7.50. The number of nitrogens with zero attached hydrogens (tertiary/aromatic N) is 1. The van der Waals surface area contributed by atoms with Gasteiger partial charge in [-0.25, -0.2) is 4.79 Å². The van der Waals surface area contributed by atoms with E-state index in [1.54, 1.807) is 19.2 Å². The zero-order valence-corrected chi connectivity index (χ0v) is 22.7. The number of hydrogen-bond donors (Lipinski definition) is 1. The van der Waals surface area contributed by atoms with Crippen LogP contribution in [0, 0.1) is 16.7 Å². The number of carbonyl (C=O) groups is 2. The van der Waals surface area contributed by atoms with Crippen LogP contribution in [0.5, 0.6) is 0 Å². The highest BCUT2D eigenvalue weighted by Crippen LogP contribution is 2.63. The van der Waals surface area contributed by atoms with Gasteiger partial charge in [-0.2, -0.15) is 0 Å². The Morgan fingerprint density at radius 1 is 0.973 bits per heavy atom. The summed E-state index contributed by atoms with van der Waals surface area (Å²) in [7, 11) is 5.72. The smallest absolute Gasteiger partial charge is 0.338 e. The Morgan fingerprint density at radius 3 is 2.11 bits per heavy atom. The molecule has 2 unspecified atom stereocenters. The lowest BCUT2D eigenvalue weighted by Gasteiger charge is -2.59. The molecule has 2 saturated carbocycles. The van der Waals surface area contributed by atoms with E-state index in [4.69, 9.17) is 9.47 Å². The van der Waals surface area contributed by atoms with Gasteiger partial charge in [-0.15, -0.1) is 0 Å². The highest BCUT2D eigenvalue weighted by molar-refractivity contribution is 5.89. The van der Waals surface area contributed by atoms with Crippen LogP contribution in [0.3, 0.4) is 0 Å². The summed E-state index contributed by atoms with van der Waals surface area (Å²) in [4.78, 5) is 29.1. The molecule has 1 aromatic rings.